The number of rotatable bonds is 5. The van der Waals surface area contributed by atoms with Crippen molar-refractivity contribution in [2.45, 2.75) is 6.54 Å². The van der Waals surface area contributed by atoms with Crippen LogP contribution in [0, 0.1) is 11.6 Å². The van der Waals surface area contributed by atoms with Crippen molar-refractivity contribution in [1.82, 2.24) is 14.9 Å². The lowest BCUT2D eigenvalue weighted by Gasteiger charge is -2.09. The Morgan fingerprint density at radius 2 is 1.81 bits per heavy atom. The van der Waals surface area contributed by atoms with Crippen LogP contribution in [0.3, 0.4) is 0 Å². The first kappa shape index (κ1) is 18.2. The molecule has 0 bridgehead atoms. The van der Waals surface area contributed by atoms with Crippen molar-refractivity contribution >= 4 is 28.4 Å². The molecule has 0 saturated heterocycles. The second kappa shape index (κ2) is 7.73. The minimum Gasteiger partial charge on any atom is -0.345 e. The minimum absolute atomic E-state index is 0.0584. The zero-order valence-electron chi connectivity index (χ0n) is 13.9. The zero-order chi connectivity index (χ0) is 19.4. The molecule has 1 heterocycles. The van der Waals surface area contributed by atoms with Crippen molar-refractivity contribution in [1.29, 1.82) is 0 Å². The first-order valence-electron chi connectivity index (χ1n) is 7.90. The van der Waals surface area contributed by atoms with Gasteiger partial charge in [-0.05, 0) is 24.3 Å². The molecule has 0 unspecified atom stereocenters. The SMILES string of the molecule is O=C(Cn1cnc2ccccc2c1=O)NCC(=O)Nc1ccc(F)c(F)c1. The summed E-state index contributed by atoms with van der Waals surface area (Å²) in [6.07, 6.45) is 1.26. The fourth-order valence-electron chi connectivity index (χ4n) is 2.39. The smallest absolute Gasteiger partial charge is 0.261 e. The molecule has 7 nitrogen and oxygen atoms in total. The fourth-order valence-corrected chi connectivity index (χ4v) is 2.39. The summed E-state index contributed by atoms with van der Waals surface area (Å²) >= 11 is 0. The maximum absolute atomic E-state index is 13.1. The van der Waals surface area contributed by atoms with Crippen molar-refractivity contribution in [3.05, 3.63) is 70.8 Å². The van der Waals surface area contributed by atoms with E-state index in [9.17, 15) is 23.2 Å². The Morgan fingerprint density at radius 3 is 2.59 bits per heavy atom. The monoisotopic (exact) mass is 372 g/mol. The quantitative estimate of drug-likeness (QED) is 0.709. The predicted octanol–water partition coefficient (Wildman–Crippen LogP) is 1.43. The molecule has 0 fully saturated rings. The Labute approximate surface area is 151 Å². The number of benzene rings is 2. The summed E-state index contributed by atoms with van der Waals surface area (Å²) < 4.78 is 27.1. The highest BCUT2D eigenvalue weighted by Crippen LogP contribution is 2.12. The molecular formula is C18H14F2N4O3. The van der Waals surface area contributed by atoms with Crippen LogP contribution in [0.15, 0.2) is 53.6 Å². The summed E-state index contributed by atoms with van der Waals surface area (Å²) in [5, 5.41) is 5.05. The van der Waals surface area contributed by atoms with Crippen LogP contribution in [0.4, 0.5) is 14.5 Å². The van der Waals surface area contributed by atoms with Gasteiger partial charge in [0.05, 0.1) is 23.8 Å². The number of halogens is 2. The van der Waals surface area contributed by atoms with Crippen molar-refractivity contribution in [3.8, 4) is 0 Å². The third kappa shape index (κ3) is 4.32. The summed E-state index contributed by atoms with van der Waals surface area (Å²) in [7, 11) is 0. The lowest BCUT2D eigenvalue weighted by Crippen LogP contribution is -2.37. The number of hydrogen-bond donors (Lipinski definition) is 2. The number of carbonyl (C=O) groups is 2. The fraction of sp³-hybridized carbons (Fsp3) is 0.111. The van der Waals surface area contributed by atoms with E-state index in [0.717, 1.165) is 16.7 Å². The van der Waals surface area contributed by atoms with E-state index in [1.165, 1.54) is 12.4 Å². The molecule has 0 atom stereocenters. The van der Waals surface area contributed by atoms with Gasteiger partial charge in [0.25, 0.3) is 5.56 Å². The molecule has 0 aliphatic rings. The van der Waals surface area contributed by atoms with Crippen molar-refractivity contribution in [2.75, 3.05) is 11.9 Å². The van der Waals surface area contributed by atoms with E-state index in [2.05, 4.69) is 15.6 Å². The van der Waals surface area contributed by atoms with E-state index in [1.54, 1.807) is 24.3 Å². The molecule has 2 aromatic carbocycles. The lowest BCUT2D eigenvalue weighted by molar-refractivity contribution is -0.124. The summed E-state index contributed by atoms with van der Waals surface area (Å²) in [6, 6.07) is 9.63. The van der Waals surface area contributed by atoms with E-state index in [0.29, 0.717) is 10.9 Å². The van der Waals surface area contributed by atoms with Gasteiger partial charge in [-0.3, -0.25) is 19.0 Å². The number of nitrogens with one attached hydrogen (secondary N) is 2. The number of anilines is 1. The summed E-state index contributed by atoms with van der Waals surface area (Å²) in [6.45, 7) is -0.706. The van der Waals surface area contributed by atoms with Gasteiger partial charge in [-0.15, -0.1) is 0 Å². The van der Waals surface area contributed by atoms with Gasteiger partial charge in [-0.1, -0.05) is 12.1 Å². The van der Waals surface area contributed by atoms with Crippen LogP contribution in [0.1, 0.15) is 0 Å². The number of amides is 2. The molecule has 1 aromatic heterocycles. The second-order valence-electron chi connectivity index (χ2n) is 5.65. The number of fused-ring (bicyclic) bond motifs is 1. The molecule has 0 spiro atoms. The highest BCUT2D eigenvalue weighted by molar-refractivity contribution is 5.94. The Hall–Kier alpha value is -3.62. The van der Waals surface area contributed by atoms with Gasteiger partial charge in [-0.2, -0.15) is 0 Å². The van der Waals surface area contributed by atoms with Crippen LogP contribution in [-0.2, 0) is 16.1 Å². The largest absolute Gasteiger partial charge is 0.345 e. The average molecular weight is 372 g/mol. The molecule has 0 aliphatic carbocycles. The van der Waals surface area contributed by atoms with Crippen molar-refractivity contribution in [3.63, 3.8) is 0 Å². The van der Waals surface area contributed by atoms with Gasteiger partial charge in [0.15, 0.2) is 11.6 Å². The Morgan fingerprint density at radius 1 is 1.04 bits per heavy atom. The van der Waals surface area contributed by atoms with Crippen LogP contribution in [-0.4, -0.2) is 27.9 Å². The lowest BCUT2D eigenvalue weighted by atomic mass is 10.2. The highest BCUT2D eigenvalue weighted by atomic mass is 19.2. The van der Waals surface area contributed by atoms with Gasteiger partial charge >= 0.3 is 0 Å². The van der Waals surface area contributed by atoms with Gasteiger partial charge in [0.2, 0.25) is 11.8 Å². The molecule has 3 aromatic rings. The maximum Gasteiger partial charge on any atom is 0.261 e. The molecule has 0 radical (unpaired) electrons. The molecule has 2 amide bonds. The van der Waals surface area contributed by atoms with E-state index in [-0.39, 0.29) is 17.8 Å². The van der Waals surface area contributed by atoms with E-state index < -0.39 is 30.0 Å². The van der Waals surface area contributed by atoms with Crippen LogP contribution in [0.25, 0.3) is 10.9 Å². The predicted molar refractivity (Wildman–Crippen MR) is 94.0 cm³/mol. The summed E-state index contributed by atoms with van der Waals surface area (Å²) in [4.78, 5) is 40.2. The highest BCUT2D eigenvalue weighted by Gasteiger charge is 2.10. The van der Waals surface area contributed by atoms with Crippen LogP contribution in [0.2, 0.25) is 0 Å². The molecule has 3 rings (SSSR count). The first-order chi connectivity index (χ1) is 12.9. The van der Waals surface area contributed by atoms with Crippen molar-refractivity contribution in [2.24, 2.45) is 0 Å². The van der Waals surface area contributed by atoms with E-state index in [1.807, 2.05) is 0 Å². The van der Waals surface area contributed by atoms with E-state index >= 15 is 0 Å². The van der Waals surface area contributed by atoms with Crippen molar-refractivity contribution < 1.29 is 18.4 Å². The molecular weight excluding hydrogens is 358 g/mol. The number of carbonyl (C=O) groups excluding carboxylic acids is 2. The maximum atomic E-state index is 13.1. The number of nitrogens with zero attached hydrogens (tertiary/aromatic N) is 2. The molecule has 138 valence electrons. The molecule has 27 heavy (non-hydrogen) atoms. The van der Waals surface area contributed by atoms with Crippen LogP contribution < -0.4 is 16.2 Å². The Bertz CT molecular complexity index is 1080. The second-order valence-corrected chi connectivity index (χ2v) is 5.65. The normalized spacial score (nSPS) is 10.6. The number of para-hydroxylation sites is 1. The zero-order valence-corrected chi connectivity index (χ0v) is 13.9. The molecule has 0 aliphatic heterocycles. The first-order valence-corrected chi connectivity index (χ1v) is 7.90. The van der Waals surface area contributed by atoms with Crippen LogP contribution >= 0.6 is 0 Å². The average Bonchev–Trinajstić information content (AvgIpc) is 2.65. The van der Waals surface area contributed by atoms with Gasteiger partial charge in [0.1, 0.15) is 6.54 Å². The third-order valence-electron chi connectivity index (χ3n) is 3.69. The number of aromatic nitrogens is 2. The summed E-state index contributed by atoms with van der Waals surface area (Å²) in [5.41, 5.74) is 0.204. The molecule has 0 saturated carbocycles. The standard InChI is InChI=1S/C18H14F2N4O3/c19-13-6-5-11(7-14(13)20)23-16(25)8-21-17(26)9-24-10-22-15-4-2-1-3-12(15)18(24)27/h1-7,10H,8-9H2,(H,21,26)(H,23,25). The Balaban J connectivity index is 1.58. The molecule has 9 heteroatoms. The van der Waals surface area contributed by atoms with Crippen LogP contribution in [0.5, 0.6) is 0 Å². The van der Waals surface area contributed by atoms with E-state index in [4.69, 9.17) is 0 Å². The summed E-state index contributed by atoms with van der Waals surface area (Å²) in [5.74, 6) is -3.33. The molecule has 2 N–H and O–H groups in total. The third-order valence-corrected chi connectivity index (χ3v) is 3.69. The number of hydrogen-bond acceptors (Lipinski definition) is 4. The minimum atomic E-state index is -1.10. The Kier molecular flexibility index (Phi) is 5.20. The van der Waals surface area contributed by atoms with Gasteiger partial charge in [-0.25, -0.2) is 13.8 Å². The van der Waals surface area contributed by atoms with Gasteiger partial charge < -0.3 is 10.6 Å². The topological polar surface area (TPSA) is 93.1 Å². The van der Waals surface area contributed by atoms with Gasteiger partial charge in [0, 0.05) is 11.8 Å².